The van der Waals surface area contributed by atoms with Crippen LogP contribution in [0.5, 0.6) is 0 Å². The van der Waals surface area contributed by atoms with Crippen molar-refractivity contribution in [1.82, 2.24) is 5.06 Å². The van der Waals surface area contributed by atoms with Crippen molar-refractivity contribution >= 4 is 5.91 Å². The number of amides is 1. The van der Waals surface area contributed by atoms with Gasteiger partial charge in [-0.25, -0.2) is 5.06 Å². The van der Waals surface area contributed by atoms with Crippen molar-refractivity contribution in [2.75, 3.05) is 13.1 Å². The van der Waals surface area contributed by atoms with Crippen LogP contribution >= 0.6 is 0 Å². The largest absolute Gasteiger partial charge is 0.330 e. The number of carbonyl (C=O) groups excluding carboxylic acids is 1. The zero-order valence-corrected chi connectivity index (χ0v) is 11.0. The Hall–Kier alpha value is -1.39. The molecule has 0 fully saturated rings. The first kappa shape index (κ1) is 14.7. The normalized spacial score (nSPS) is 10.3. The van der Waals surface area contributed by atoms with E-state index >= 15 is 0 Å². The molecule has 4 heteroatoms. The fourth-order valence-electron chi connectivity index (χ4n) is 1.62. The van der Waals surface area contributed by atoms with Gasteiger partial charge in [-0.1, -0.05) is 36.8 Å². The van der Waals surface area contributed by atoms with E-state index in [1.54, 1.807) is 0 Å². The summed E-state index contributed by atoms with van der Waals surface area (Å²) < 4.78 is 0. The Bertz CT molecular complexity index is 341. The number of carbonyl (C=O) groups is 1. The lowest BCUT2D eigenvalue weighted by Gasteiger charge is -2.20. The first-order valence-corrected chi connectivity index (χ1v) is 6.39. The Labute approximate surface area is 109 Å². The number of rotatable bonds is 8. The molecule has 0 bridgehead atoms. The van der Waals surface area contributed by atoms with Crippen molar-refractivity contribution < 1.29 is 9.63 Å². The van der Waals surface area contributed by atoms with Crippen LogP contribution in [0.2, 0.25) is 0 Å². The second-order valence-electron chi connectivity index (χ2n) is 4.23. The molecule has 0 heterocycles. The summed E-state index contributed by atoms with van der Waals surface area (Å²) in [7, 11) is 0. The Balaban J connectivity index is 2.32. The van der Waals surface area contributed by atoms with Gasteiger partial charge in [-0.05, 0) is 24.9 Å². The minimum Gasteiger partial charge on any atom is -0.330 e. The zero-order chi connectivity index (χ0) is 13.2. The van der Waals surface area contributed by atoms with Crippen LogP contribution in [0.3, 0.4) is 0 Å². The molecule has 0 unspecified atom stereocenters. The fourth-order valence-corrected chi connectivity index (χ4v) is 1.62. The molecule has 4 nitrogen and oxygen atoms in total. The Kier molecular flexibility index (Phi) is 7.06. The SMILES string of the molecule is CC(=O)N(CCCCCN)OCc1ccccc1. The summed E-state index contributed by atoms with van der Waals surface area (Å²) in [6.07, 6.45) is 2.94. The smallest absolute Gasteiger partial charge is 0.243 e. The van der Waals surface area contributed by atoms with E-state index in [-0.39, 0.29) is 5.91 Å². The van der Waals surface area contributed by atoms with E-state index in [9.17, 15) is 4.79 Å². The van der Waals surface area contributed by atoms with E-state index in [0.717, 1.165) is 24.8 Å². The quantitative estimate of drug-likeness (QED) is 0.568. The third-order valence-electron chi connectivity index (χ3n) is 2.65. The van der Waals surface area contributed by atoms with Gasteiger partial charge in [0, 0.05) is 13.5 Å². The van der Waals surface area contributed by atoms with Crippen LogP contribution < -0.4 is 5.73 Å². The number of benzene rings is 1. The van der Waals surface area contributed by atoms with E-state index in [2.05, 4.69) is 0 Å². The number of hydrogen-bond donors (Lipinski definition) is 1. The first-order chi connectivity index (χ1) is 8.74. The third kappa shape index (κ3) is 5.80. The van der Waals surface area contributed by atoms with E-state index in [4.69, 9.17) is 10.6 Å². The molecule has 1 amide bonds. The summed E-state index contributed by atoms with van der Waals surface area (Å²) in [6, 6.07) is 9.83. The van der Waals surface area contributed by atoms with E-state index in [1.807, 2.05) is 30.3 Å². The van der Waals surface area contributed by atoms with Crippen LogP contribution in [0.15, 0.2) is 30.3 Å². The van der Waals surface area contributed by atoms with Crippen molar-refractivity contribution in [2.24, 2.45) is 5.73 Å². The van der Waals surface area contributed by atoms with Crippen LogP contribution in [0.1, 0.15) is 31.7 Å². The maximum absolute atomic E-state index is 11.4. The molecule has 1 aromatic rings. The molecular weight excluding hydrogens is 228 g/mol. The molecule has 100 valence electrons. The lowest BCUT2D eigenvalue weighted by atomic mass is 10.2. The Morgan fingerprint density at radius 2 is 1.94 bits per heavy atom. The second-order valence-corrected chi connectivity index (χ2v) is 4.23. The molecular formula is C14H22N2O2. The summed E-state index contributed by atoms with van der Waals surface area (Å²) >= 11 is 0. The fraction of sp³-hybridized carbons (Fsp3) is 0.500. The van der Waals surface area contributed by atoms with Gasteiger partial charge in [-0.3, -0.25) is 9.63 Å². The number of unbranched alkanes of at least 4 members (excludes halogenated alkanes) is 2. The predicted octanol–water partition coefficient (Wildman–Crippen LogP) is 2.10. The number of nitrogens with two attached hydrogens (primary N) is 1. The van der Waals surface area contributed by atoms with E-state index in [1.165, 1.54) is 12.0 Å². The number of hydrogen-bond acceptors (Lipinski definition) is 3. The lowest BCUT2D eigenvalue weighted by molar-refractivity contribution is -0.189. The highest BCUT2D eigenvalue weighted by molar-refractivity contribution is 5.71. The molecule has 0 atom stereocenters. The Morgan fingerprint density at radius 1 is 1.22 bits per heavy atom. The summed E-state index contributed by atoms with van der Waals surface area (Å²) in [5.41, 5.74) is 6.49. The molecule has 0 spiro atoms. The van der Waals surface area contributed by atoms with Gasteiger partial charge < -0.3 is 5.73 Å². The van der Waals surface area contributed by atoms with Crippen molar-refractivity contribution in [3.8, 4) is 0 Å². The Morgan fingerprint density at radius 3 is 2.56 bits per heavy atom. The maximum atomic E-state index is 11.4. The average molecular weight is 250 g/mol. The minimum atomic E-state index is -0.0568. The van der Waals surface area contributed by atoms with Crippen molar-refractivity contribution in [2.45, 2.75) is 32.8 Å². The van der Waals surface area contributed by atoms with Crippen LogP contribution in [-0.2, 0) is 16.2 Å². The van der Waals surface area contributed by atoms with Crippen LogP contribution in [0.25, 0.3) is 0 Å². The van der Waals surface area contributed by atoms with Gasteiger partial charge in [-0.15, -0.1) is 0 Å². The van der Waals surface area contributed by atoms with Gasteiger partial charge in [0.05, 0.1) is 0 Å². The molecule has 0 aliphatic heterocycles. The highest BCUT2D eigenvalue weighted by atomic mass is 16.7. The zero-order valence-electron chi connectivity index (χ0n) is 11.0. The lowest BCUT2D eigenvalue weighted by Crippen LogP contribution is -2.30. The molecule has 1 rings (SSSR count). The molecule has 18 heavy (non-hydrogen) atoms. The molecule has 0 saturated heterocycles. The van der Waals surface area contributed by atoms with E-state index < -0.39 is 0 Å². The van der Waals surface area contributed by atoms with Crippen LogP contribution in [-0.4, -0.2) is 24.1 Å². The number of hydroxylamine groups is 2. The summed E-state index contributed by atoms with van der Waals surface area (Å²) in [5.74, 6) is -0.0568. The van der Waals surface area contributed by atoms with Gasteiger partial charge in [0.1, 0.15) is 6.61 Å². The van der Waals surface area contributed by atoms with Gasteiger partial charge in [0.15, 0.2) is 0 Å². The van der Waals surface area contributed by atoms with Gasteiger partial charge >= 0.3 is 0 Å². The summed E-state index contributed by atoms with van der Waals surface area (Å²) in [6.45, 7) is 3.28. The van der Waals surface area contributed by atoms with Crippen molar-refractivity contribution in [1.29, 1.82) is 0 Å². The molecule has 1 aromatic carbocycles. The van der Waals surface area contributed by atoms with Gasteiger partial charge in [0.2, 0.25) is 5.91 Å². The predicted molar refractivity (Wildman–Crippen MR) is 71.5 cm³/mol. The summed E-state index contributed by atoms with van der Waals surface area (Å²) in [4.78, 5) is 16.9. The van der Waals surface area contributed by atoms with Crippen LogP contribution in [0.4, 0.5) is 0 Å². The molecule has 0 radical (unpaired) electrons. The van der Waals surface area contributed by atoms with Crippen LogP contribution in [0, 0.1) is 0 Å². The maximum Gasteiger partial charge on any atom is 0.243 e. The van der Waals surface area contributed by atoms with Gasteiger partial charge in [0.25, 0.3) is 0 Å². The molecule has 0 aliphatic rings. The second kappa shape index (κ2) is 8.66. The first-order valence-electron chi connectivity index (χ1n) is 6.39. The molecule has 2 N–H and O–H groups in total. The number of nitrogens with zero attached hydrogens (tertiary/aromatic N) is 1. The minimum absolute atomic E-state index is 0.0568. The molecule has 0 aliphatic carbocycles. The van der Waals surface area contributed by atoms with Gasteiger partial charge in [-0.2, -0.15) is 0 Å². The topological polar surface area (TPSA) is 55.6 Å². The standard InChI is InChI=1S/C14H22N2O2/c1-13(17)16(11-7-3-6-10-15)18-12-14-8-4-2-5-9-14/h2,4-5,8-9H,3,6-7,10-12,15H2,1H3. The molecule has 0 saturated carbocycles. The summed E-state index contributed by atoms with van der Waals surface area (Å²) in [5, 5.41) is 1.43. The highest BCUT2D eigenvalue weighted by Gasteiger charge is 2.08. The average Bonchev–Trinajstić information content (AvgIpc) is 2.38. The van der Waals surface area contributed by atoms with Crippen molar-refractivity contribution in [3.63, 3.8) is 0 Å². The van der Waals surface area contributed by atoms with Crippen molar-refractivity contribution in [3.05, 3.63) is 35.9 Å². The molecule has 0 aromatic heterocycles. The third-order valence-corrected chi connectivity index (χ3v) is 2.65. The van der Waals surface area contributed by atoms with E-state index in [0.29, 0.717) is 19.7 Å². The monoisotopic (exact) mass is 250 g/mol. The highest BCUT2D eigenvalue weighted by Crippen LogP contribution is 2.05.